The second kappa shape index (κ2) is 16.2. The van der Waals surface area contributed by atoms with Crippen molar-refractivity contribution in [3.63, 3.8) is 0 Å². The van der Waals surface area contributed by atoms with Crippen molar-refractivity contribution in [3.05, 3.63) is 93.0 Å². The molecule has 4 rings (SSSR count). The van der Waals surface area contributed by atoms with Crippen LogP contribution in [-0.2, 0) is 0 Å². The summed E-state index contributed by atoms with van der Waals surface area (Å²) in [5.41, 5.74) is 3.59. The van der Waals surface area contributed by atoms with Gasteiger partial charge in [0.2, 0.25) is 5.95 Å². The number of thioether (sulfide) groups is 1. The molecule has 0 amide bonds. The zero-order chi connectivity index (χ0) is 31.4. The van der Waals surface area contributed by atoms with Crippen LogP contribution in [0.5, 0.6) is 0 Å². The van der Waals surface area contributed by atoms with Crippen molar-refractivity contribution in [2.75, 3.05) is 17.3 Å². The van der Waals surface area contributed by atoms with Crippen LogP contribution in [0.15, 0.2) is 53.9 Å². The maximum Gasteiger partial charge on any atom is 0.266 e. The molecule has 0 saturated carbocycles. The fourth-order valence-corrected chi connectivity index (χ4v) is 3.42. The van der Waals surface area contributed by atoms with E-state index in [1.165, 1.54) is 42.2 Å². The number of nitrogens with zero attached hydrogens (tertiary/aromatic N) is 6. The maximum atomic E-state index is 13.8. The minimum atomic E-state index is -2.93. The van der Waals surface area contributed by atoms with E-state index in [4.69, 9.17) is 39.5 Å². The minimum absolute atomic E-state index is 0.0546. The van der Waals surface area contributed by atoms with E-state index in [1.54, 1.807) is 6.07 Å². The molecular weight excluding hydrogens is 629 g/mol. The van der Waals surface area contributed by atoms with Gasteiger partial charge in [0.05, 0.1) is 34.9 Å². The highest BCUT2D eigenvalue weighted by atomic mass is 35.5. The summed E-state index contributed by atoms with van der Waals surface area (Å²) in [6, 6.07) is 10.7. The SMILES string of the molecule is CSc1ncc(C#N)c(Cl)n1.N#Cc1cnc(Nc2cccc(C(F)F)c2F)nc1Cl.Nc1cccc(C(F)F)c1F. The van der Waals surface area contributed by atoms with Crippen LogP contribution < -0.4 is 11.1 Å². The molecule has 42 heavy (non-hydrogen) atoms. The molecule has 17 heteroatoms. The Labute approximate surface area is 249 Å². The molecule has 0 radical (unpaired) electrons. The summed E-state index contributed by atoms with van der Waals surface area (Å²) in [5, 5.41) is 20.2. The quantitative estimate of drug-likeness (QED) is 0.0730. The van der Waals surface area contributed by atoms with Gasteiger partial charge in [-0.25, -0.2) is 41.3 Å². The highest BCUT2D eigenvalue weighted by molar-refractivity contribution is 7.98. The third-order valence-corrected chi connectivity index (χ3v) is 5.83. The van der Waals surface area contributed by atoms with Gasteiger partial charge in [-0.05, 0) is 18.4 Å². The molecule has 0 spiro atoms. The van der Waals surface area contributed by atoms with Gasteiger partial charge >= 0.3 is 0 Å². The molecule has 0 aliphatic carbocycles. The van der Waals surface area contributed by atoms with Crippen molar-refractivity contribution in [1.82, 2.24) is 19.9 Å². The standard InChI is InChI=1S/C12H6ClF3N4.C7H6F3N.C6H4ClN3S/c13-10-6(4-17)5-18-12(20-10)19-8-3-1-2-7(9(8)14)11(15)16;8-6-4(7(9)10)2-1-3-5(6)11;1-11-6-9-3-4(2-8)5(7)10-6/h1-3,5,11H,(H,18,19,20);1-3,7H,11H2;3H,1H3. The smallest absolute Gasteiger partial charge is 0.266 e. The molecular formula is C25H16Cl2F6N8S. The lowest BCUT2D eigenvalue weighted by Gasteiger charge is -2.09. The second-order valence-electron chi connectivity index (χ2n) is 7.37. The number of benzene rings is 2. The van der Waals surface area contributed by atoms with Crippen LogP contribution in [-0.4, -0.2) is 26.2 Å². The van der Waals surface area contributed by atoms with E-state index in [9.17, 15) is 26.3 Å². The van der Waals surface area contributed by atoms with E-state index in [0.29, 0.717) is 10.7 Å². The summed E-state index contributed by atoms with van der Waals surface area (Å²) in [5.74, 6) is -2.21. The molecule has 0 aliphatic rings. The van der Waals surface area contributed by atoms with E-state index in [-0.39, 0.29) is 33.2 Å². The number of nitrogens with two attached hydrogens (primary N) is 1. The zero-order valence-electron chi connectivity index (χ0n) is 21.0. The molecule has 2 aromatic heterocycles. The van der Waals surface area contributed by atoms with Gasteiger partial charge in [0.15, 0.2) is 27.1 Å². The number of nitrogens with one attached hydrogen (secondary N) is 1. The minimum Gasteiger partial charge on any atom is -0.396 e. The lowest BCUT2D eigenvalue weighted by atomic mass is 10.2. The van der Waals surface area contributed by atoms with Crippen molar-refractivity contribution in [1.29, 1.82) is 10.5 Å². The Balaban J connectivity index is 0.000000239. The molecule has 0 aliphatic heterocycles. The summed E-state index contributed by atoms with van der Waals surface area (Å²) >= 11 is 12.7. The molecule has 0 bridgehead atoms. The molecule has 0 saturated heterocycles. The first kappa shape index (κ1) is 33.9. The average molecular weight is 645 g/mol. The van der Waals surface area contributed by atoms with Gasteiger partial charge in [-0.2, -0.15) is 15.5 Å². The van der Waals surface area contributed by atoms with Crippen LogP contribution in [0.2, 0.25) is 10.3 Å². The van der Waals surface area contributed by atoms with Crippen LogP contribution in [0.1, 0.15) is 35.1 Å². The maximum absolute atomic E-state index is 13.8. The molecule has 3 N–H and O–H groups in total. The zero-order valence-corrected chi connectivity index (χ0v) is 23.3. The van der Waals surface area contributed by atoms with E-state index in [0.717, 1.165) is 18.3 Å². The monoisotopic (exact) mass is 644 g/mol. The summed E-state index contributed by atoms with van der Waals surface area (Å²) in [6.07, 6.45) is -1.33. The Morgan fingerprint density at radius 1 is 0.833 bits per heavy atom. The third kappa shape index (κ3) is 9.37. The summed E-state index contributed by atoms with van der Waals surface area (Å²) in [4.78, 5) is 15.2. The van der Waals surface area contributed by atoms with Crippen molar-refractivity contribution >= 4 is 52.3 Å². The number of nitriles is 2. The Morgan fingerprint density at radius 2 is 1.36 bits per heavy atom. The predicted octanol–water partition coefficient (Wildman–Crippen LogP) is 7.89. The van der Waals surface area contributed by atoms with Crippen LogP contribution in [0.4, 0.5) is 43.7 Å². The lowest BCUT2D eigenvalue weighted by Crippen LogP contribution is -2.02. The highest BCUT2D eigenvalue weighted by Crippen LogP contribution is 2.28. The Morgan fingerprint density at radius 3 is 1.83 bits per heavy atom. The molecule has 2 aromatic carbocycles. The first-order chi connectivity index (χ1) is 19.9. The average Bonchev–Trinajstić information content (AvgIpc) is 2.96. The Kier molecular flexibility index (Phi) is 13.1. The highest BCUT2D eigenvalue weighted by Gasteiger charge is 2.17. The number of anilines is 3. The van der Waals surface area contributed by atoms with E-state index in [2.05, 4.69) is 25.3 Å². The first-order valence-electron chi connectivity index (χ1n) is 11.0. The third-order valence-electron chi connectivity index (χ3n) is 4.69. The first-order valence-corrected chi connectivity index (χ1v) is 13.0. The van der Waals surface area contributed by atoms with Crippen molar-refractivity contribution in [2.45, 2.75) is 18.0 Å². The number of halogens is 8. The van der Waals surface area contributed by atoms with Gasteiger partial charge in [-0.1, -0.05) is 59.2 Å². The van der Waals surface area contributed by atoms with Crippen molar-refractivity contribution in [3.8, 4) is 12.1 Å². The van der Waals surface area contributed by atoms with Crippen molar-refractivity contribution < 1.29 is 26.3 Å². The largest absolute Gasteiger partial charge is 0.396 e. The normalized spacial score (nSPS) is 10.1. The Bertz CT molecular complexity index is 1620. The van der Waals surface area contributed by atoms with E-state index < -0.39 is 35.6 Å². The fraction of sp³-hybridized carbons (Fsp3) is 0.120. The fourth-order valence-electron chi connectivity index (χ4n) is 2.69. The molecule has 218 valence electrons. The van der Waals surface area contributed by atoms with E-state index >= 15 is 0 Å². The van der Waals surface area contributed by atoms with Crippen LogP contribution in [0.25, 0.3) is 0 Å². The molecule has 2 heterocycles. The van der Waals surface area contributed by atoms with Crippen LogP contribution >= 0.6 is 35.0 Å². The number of aromatic nitrogens is 4. The van der Waals surface area contributed by atoms with Gasteiger partial charge in [-0.3, -0.25) is 0 Å². The summed E-state index contributed by atoms with van der Waals surface area (Å²) < 4.78 is 75.4. The summed E-state index contributed by atoms with van der Waals surface area (Å²) in [7, 11) is 0. The molecule has 0 unspecified atom stereocenters. The molecule has 4 aromatic rings. The van der Waals surface area contributed by atoms with E-state index in [1.807, 2.05) is 12.3 Å². The molecule has 0 atom stereocenters. The topological polar surface area (TPSA) is 137 Å². The van der Waals surface area contributed by atoms with Gasteiger partial charge < -0.3 is 11.1 Å². The Hall–Kier alpha value is -4.31. The number of hydrogen-bond donors (Lipinski definition) is 2. The van der Waals surface area contributed by atoms with Crippen molar-refractivity contribution in [2.24, 2.45) is 0 Å². The van der Waals surface area contributed by atoms with Crippen LogP contribution in [0.3, 0.4) is 0 Å². The predicted molar refractivity (Wildman–Crippen MR) is 146 cm³/mol. The molecule has 8 nitrogen and oxygen atoms in total. The molecule has 0 fully saturated rings. The van der Waals surface area contributed by atoms with Gasteiger partial charge in [0.25, 0.3) is 12.9 Å². The van der Waals surface area contributed by atoms with Gasteiger partial charge in [-0.15, -0.1) is 0 Å². The number of nitrogen functional groups attached to an aromatic ring is 1. The van der Waals surface area contributed by atoms with Gasteiger partial charge in [0.1, 0.15) is 23.3 Å². The van der Waals surface area contributed by atoms with Gasteiger partial charge in [0, 0.05) is 0 Å². The second-order valence-corrected chi connectivity index (χ2v) is 8.86. The van der Waals surface area contributed by atoms with Crippen LogP contribution in [0, 0.1) is 34.3 Å². The number of rotatable bonds is 5. The summed E-state index contributed by atoms with van der Waals surface area (Å²) in [6.45, 7) is 0. The lowest BCUT2D eigenvalue weighted by molar-refractivity contribution is 0.146. The number of alkyl halides is 4. The number of hydrogen-bond acceptors (Lipinski definition) is 9.